The van der Waals surface area contributed by atoms with Crippen molar-refractivity contribution >= 4 is 11.9 Å². The van der Waals surface area contributed by atoms with Crippen LogP contribution in [-0.2, 0) is 4.79 Å². The summed E-state index contributed by atoms with van der Waals surface area (Å²) in [5.41, 5.74) is 0. The largest absolute Gasteiger partial charge is 0.338 e. The number of nitrogens with one attached hydrogen (secondary N) is 2. The summed E-state index contributed by atoms with van der Waals surface area (Å²) in [7, 11) is 0. The molecule has 0 aromatic rings. The zero-order chi connectivity index (χ0) is 12.7. The Morgan fingerprint density at radius 2 is 1.94 bits per heavy atom. The van der Waals surface area contributed by atoms with Crippen LogP contribution < -0.4 is 10.6 Å². The van der Waals surface area contributed by atoms with E-state index in [1.807, 2.05) is 6.92 Å². The van der Waals surface area contributed by atoms with Crippen LogP contribution in [0.4, 0.5) is 4.79 Å². The molecule has 2 N–H and O–H groups in total. The number of carbonyl (C=O) groups is 2. The molecule has 1 saturated heterocycles. The minimum Gasteiger partial charge on any atom is -0.338 e. The van der Waals surface area contributed by atoms with Gasteiger partial charge in [-0.15, -0.1) is 0 Å². The second-order valence-corrected chi connectivity index (χ2v) is 4.76. The van der Waals surface area contributed by atoms with Crippen molar-refractivity contribution in [1.29, 1.82) is 0 Å². The topological polar surface area (TPSA) is 61.4 Å². The van der Waals surface area contributed by atoms with Crippen molar-refractivity contribution in [1.82, 2.24) is 15.5 Å². The lowest BCUT2D eigenvalue weighted by Crippen LogP contribution is -2.46. The maximum atomic E-state index is 11.6. The number of imide groups is 1. The molecule has 0 aromatic heterocycles. The van der Waals surface area contributed by atoms with Crippen molar-refractivity contribution in [2.45, 2.75) is 33.1 Å². The van der Waals surface area contributed by atoms with E-state index in [9.17, 15) is 9.59 Å². The zero-order valence-corrected chi connectivity index (χ0v) is 10.8. The van der Waals surface area contributed by atoms with E-state index >= 15 is 0 Å². The Balaban J connectivity index is 2.18. The van der Waals surface area contributed by atoms with Gasteiger partial charge in [0.2, 0.25) is 5.91 Å². The first-order valence-corrected chi connectivity index (χ1v) is 6.41. The number of hydrogen-bond acceptors (Lipinski definition) is 3. The molecule has 1 aliphatic heterocycles. The summed E-state index contributed by atoms with van der Waals surface area (Å²) in [5.74, 6) is 0.537. The van der Waals surface area contributed by atoms with Gasteiger partial charge in [0, 0.05) is 6.54 Å². The molecule has 0 spiro atoms. The lowest BCUT2D eigenvalue weighted by molar-refractivity contribution is -0.121. The van der Waals surface area contributed by atoms with Crippen molar-refractivity contribution in [3.8, 4) is 0 Å². The minimum atomic E-state index is -0.387. The Morgan fingerprint density at radius 3 is 2.53 bits per heavy atom. The highest BCUT2D eigenvalue weighted by Crippen LogP contribution is 2.15. The Morgan fingerprint density at radius 1 is 1.29 bits per heavy atom. The second kappa shape index (κ2) is 7.27. The molecule has 3 amide bonds. The standard InChI is InChI=1S/C12H23N3O2/c1-3-6-13-12(17)14-11(16)9-15-7-4-10(2)5-8-15/h10H,3-9H2,1-2H3,(H2,13,14,16,17). The summed E-state index contributed by atoms with van der Waals surface area (Å²) >= 11 is 0. The normalized spacial score (nSPS) is 17.8. The fourth-order valence-corrected chi connectivity index (χ4v) is 1.87. The monoisotopic (exact) mass is 241 g/mol. The summed E-state index contributed by atoms with van der Waals surface area (Å²) in [5, 5.41) is 4.96. The van der Waals surface area contributed by atoms with Crippen LogP contribution in [0, 0.1) is 5.92 Å². The van der Waals surface area contributed by atoms with E-state index in [1.54, 1.807) is 0 Å². The van der Waals surface area contributed by atoms with Crippen molar-refractivity contribution in [3.05, 3.63) is 0 Å². The number of carbonyl (C=O) groups excluding carboxylic acids is 2. The van der Waals surface area contributed by atoms with E-state index in [-0.39, 0.29) is 11.9 Å². The third-order valence-electron chi connectivity index (χ3n) is 3.03. The van der Waals surface area contributed by atoms with E-state index in [2.05, 4.69) is 22.5 Å². The molecule has 5 heteroatoms. The Bertz CT molecular complexity index is 260. The van der Waals surface area contributed by atoms with Crippen molar-refractivity contribution in [2.24, 2.45) is 5.92 Å². The van der Waals surface area contributed by atoms with Gasteiger partial charge < -0.3 is 5.32 Å². The first-order chi connectivity index (χ1) is 8.11. The highest BCUT2D eigenvalue weighted by Gasteiger charge is 2.18. The van der Waals surface area contributed by atoms with Gasteiger partial charge in [-0.25, -0.2) is 4.79 Å². The lowest BCUT2D eigenvalue weighted by atomic mass is 9.99. The number of urea groups is 1. The van der Waals surface area contributed by atoms with Gasteiger partial charge in [0.15, 0.2) is 0 Å². The molecule has 0 aliphatic carbocycles. The molecule has 1 aliphatic rings. The molecule has 98 valence electrons. The van der Waals surface area contributed by atoms with Crippen LogP contribution >= 0.6 is 0 Å². The van der Waals surface area contributed by atoms with E-state index in [0.29, 0.717) is 13.1 Å². The second-order valence-electron chi connectivity index (χ2n) is 4.76. The van der Waals surface area contributed by atoms with Crippen LogP contribution in [0.25, 0.3) is 0 Å². The Hall–Kier alpha value is -1.10. The molecule has 0 aromatic carbocycles. The highest BCUT2D eigenvalue weighted by atomic mass is 16.2. The van der Waals surface area contributed by atoms with Crippen molar-refractivity contribution < 1.29 is 9.59 Å². The van der Waals surface area contributed by atoms with E-state index in [1.165, 1.54) is 0 Å². The van der Waals surface area contributed by atoms with Gasteiger partial charge in [-0.05, 0) is 38.3 Å². The van der Waals surface area contributed by atoms with Gasteiger partial charge in [-0.3, -0.25) is 15.0 Å². The highest BCUT2D eigenvalue weighted by molar-refractivity contribution is 5.95. The number of piperidine rings is 1. The maximum absolute atomic E-state index is 11.6. The van der Waals surface area contributed by atoms with Crippen LogP contribution in [0.2, 0.25) is 0 Å². The average Bonchev–Trinajstić information content (AvgIpc) is 2.29. The fraction of sp³-hybridized carbons (Fsp3) is 0.833. The van der Waals surface area contributed by atoms with Gasteiger partial charge in [0.05, 0.1) is 6.54 Å². The first kappa shape index (κ1) is 14.0. The molecule has 0 unspecified atom stereocenters. The van der Waals surface area contributed by atoms with Crippen LogP contribution in [0.5, 0.6) is 0 Å². The van der Waals surface area contributed by atoms with Crippen LogP contribution in [0.3, 0.4) is 0 Å². The predicted molar refractivity (Wildman–Crippen MR) is 66.7 cm³/mol. The van der Waals surface area contributed by atoms with Gasteiger partial charge >= 0.3 is 6.03 Å². The Kier molecular flexibility index (Phi) is 5.97. The predicted octanol–water partition coefficient (Wildman–Crippen LogP) is 0.954. The van der Waals surface area contributed by atoms with E-state index < -0.39 is 0 Å². The maximum Gasteiger partial charge on any atom is 0.321 e. The van der Waals surface area contributed by atoms with Gasteiger partial charge in [0.1, 0.15) is 0 Å². The quantitative estimate of drug-likeness (QED) is 0.770. The first-order valence-electron chi connectivity index (χ1n) is 6.41. The number of hydrogen-bond donors (Lipinski definition) is 2. The number of rotatable bonds is 4. The summed E-state index contributed by atoms with van der Waals surface area (Å²) in [6.07, 6.45) is 3.14. The molecular weight excluding hydrogens is 218 g/mol. The average molecular weight is 241 g/mol. The molecule has 0 saturated carbocycles. The third kappa shape index (κ3) is 5.68. The van der Waals surface area contributed by atoms with Gasteiger partial charge in [-0.1, -0.05) is 13.8 Å². The summed E-state index contributed by atoms with van der Waals surface area (Å²) in [4.78, 5) is 24.9. The molecule has 0 atom stereocenters. The lowest BCUT2D eigenvalue weighted by Gasteiger charge is -2.29. The number of nitrogens with zero attached hydrogens (tertiary/aromatic N) is 1. The van der Waals surface area contributed by atoms with Crippen LogP contribution in [-0.4, -0.2) is 43.0 Å². The van der Waals surface area contributed by atoms with Gasteiger partial charge in [-0.2, -0.15) is 0 Å². The molecule has 1 fully saturated rings. The molecule has 5 nitrogen and oxygen atoms in total. The molecule has 0 bridgehead atoms. The Labute approximate surface area is 103 Å². The summed E-state index contributed by atoms with van der Waals surface area (Å²) in [6.45, 7) is 7.02. The minimum absolute atomic E-state index is 0.215. The smallest absolute Gasteiger partial charge is 0.321 e. The zero-order valence-electron chi connectivity index (χ0n) is 10.8. The summed E-state index contributed by atoms with van der Waals surface area (Å²) < 4.78 is 0. The molecule has 17 heavy (non-hydrogen) atoms. The van der Waals surface area contributed by atoms with Crippen LogP contribution in [0.15, 0.2) is 0 Å². The number of likely N-dealkylation sites (tertiary alicyclic amines) is 1. The molecule has 1 rings (SSSR count). The SMILES string of the molecule is CCCNC(=O)NC(=O)CN1CCC(C)CC1. The van der Waals surface area contributed by atoms with Crippen molar-refractivity contribution in [3.63, 3.8) is 0 Å². The van der Waals surface area contributed by atoms with E-state index in [4.69, 9.17) is 0 Å². The molecule has 1 heterocycles. The summed E-state index contributed by atoms with van der Waals surface area (Å²) in [6, 6.07) is -0.387. The molecule has 0 radical (unpaired) electrons. The van der Waals surface area contributed by atoms with Crippen molar-refractivity contribution in [2.75, 3.05) is 26.2 Å². The third-order valence-corrected chi connectivity index (χ3v) is 3.03. The van der Waals surface area contributed by atoms with E-state index in [0.717, 1.165) is 38.3 Å². The fourth-order valence-electron chi connectivity index (χ4n) is 1.87. The molecular formula is C12H23N3O2. The van der Waals surface area contributed by atoms with Gasteiger partial charge in [0.25, 0.3) is 0 Å². The van der Waals surface area contributed by atoms with Crippen LogP contribution in [0.1, 0.15) is 33.1 Å². The number of amides is 3.